The summed E-state index contributed by atoms with van der Waals surface area (Å²) in [6.07, 6.45) is 0. The van der Waals surface area contributed by atoms with Crippen molar-refractivity contribution in [2.75, 3.05) is 14.2 Å². The Kier molecular flexibility index (Phi) is 7.34. The lowest BCUT2D eigenvalue weighted by molar-refractivity contribution is 0.284. The molecule has 3 aromatic rings. The lowest BCUT2D eigenvalue weighted by atomic mass is 10.1. The summed E-state index contributed by atoms with van der Waals surface area (Å²) in [4.78, 5) is 0. The fourth-order valence-electron chi connectivity index (χ4n) is 2.90. The van der Waals surface area contributed by atoms with Crippen molar-refractivity contribution in [1.82, 2.24) is 5.32 Å². The molecule has 0 unspecified atom stereocenters. The van der Waals surface area contributed by atoms with E-state index in [1.165, 1.54) is 0 Å². The Hall–Kier alpha value is -2.50. The van der Waals surface area contributed by atoms with Crippen LogP contribution in [-0.2, 0) is 19.7 Å². The molecule has 1 N–H and O–H groups in total. The molecule has 28 heavy (non-hydrogen) atoms. The van der Waals surface area contributed by atoms with E-state index in [-0.39, 0.29) is 0 Å². The van der Waals surface area contributed by atoms with Crippen molar-refractivity contribution in [3.63, 3.8) is 0 Å². The van der Waals surface area contributed by atoms with Gasteiger partial charge in [0.05, 0.1) is 14.2 Å². The van der Waals surface area contributed by atoms with Crippen LogP contribution >= 0.6 is 15.9 Å². The zero-order chi connectivity index (χ0) is 19.8. The highest BCUT2D eigenvalue weighted by molar-refractivity contribution is 9.10. The number of hydrogen-bond donors (Lipinski definition) is 1. The highest BCUT2D eigenvalue weighted by atomic mass is 79.9. The molecule has 0 atom stereocenters. The smallest absolute Gasteiger partial charge is 0.162 e. The Bertz CT molecular complexity index is 900. The van der Waals surface area contributed by atoms with Gasteiger partial charge < -0.3 is 19.5 Å². The molecule has 146 valence electrons. The molecule has 3 aromatic carbocycles. The van der Waals surface area contributed by atoms with E-state index in [1.807, 2.05) is 60.7 Å². The van der Waals surface area contributed by atoms with Gasteiger partial charge in [0.25, 0.3) is 0 Å². The van der Waals surface area contributed by atoms with Gasteiger partial charge in [-0.1, -0.05) is 64.5 Å². The third-order valence-electron chi connectivity index (χ3n) is 4.39. The van der Waals surface area contributed by atoms with E-state index in [1.54, 1.807) is 14.2 Å². The van der Waals surface area contributed by atoms with E-state index < -0.39 is 0 Å². The molecule has 0 saturated heterocycles. The maximum absolute atomic E-state index is 5.96. The van der Waals surface area contributed by atoms with Crippen molar-refractivity contribution in [3.05, 3.63) is 87.9 Å². The van der Waals surface area contributed by atoms with Gasteiger partial charge in [-0.25, -0.2) is 0 Å². The molecule has 0 aromatic heterocycles. The molecule has 0 radical (unpaired) electrons. The highest BCUT2D eigenvalue weighted by Gasteiger charge is 2.11. The summed E-state index contributed by atoms with van der Waals surface area (Å²) in [5.41, 5.74) is 3.33. The molecule has 0 saturated carbocycles. The lowest BCUT2D eigenvalue weighted by Gasteiger charge is -2.15. The van der Waals surface area contributed by atoms with Crippen LogP contribution in [0.15, 0.2) is 71.2 Å². The maximum Gasteiger partial charge on any atom is 0.162 e. The monoisotopic (exact) mass is 441 g/mol. The number of halogens is 1. The van der Waals surface area contributed by atoms with Gasteiger partial charge >= 0.3 is 0 Å². The largest absolute Gasteiger partial charge is 0.496 e. The van der Waals surface area contributed by atoms with Crippen LogP contribution < -0.4 is 19.5 Å². The normalized spacial score (nSPS) is 10.5. The highest BCUT2D eigenvalue weighted by Crippen LogP contribution is 2.34. The van der Waals surface area contributed by atoms with Crippen molar-refractivity contribution in [2.24, 2.45) is 0 Å². The fraction of sp³-hybridized carbons (Fsp3) is 0.217. The molecule has 0 aliphatic carbocycles. The zero-order valence-electron chi connectivity index (χ0n) is 16.1. The molecule has 4 nitrogen and oxygen atoms in total. The van der Waals surface area contributed by atoms with E-state index in [9.17, 15) is 0 Å². The van der Waals surface area contributed by atoms with Gasteiger partial charge in [0.2, 0.25) is 0 Å². The summed E-state index contributed by atoms with van der Waals surface area (Å²) >= 11 is 3.65. The first kappa shape index (κ1) is 20.2. The molecule has 3 rings (SSSR count). The predicted octanol–water partition coefficient (Wildman–Crippen LogP) is 5.34. The predicted molar refractivity (Wildman–Crippen MR) is 115 cm³/mol. The number of rotatable bonds is 9. The van der Waals surface area contributed by atoms with Gasteiger partial charge in [-0.15, -0.1) is 0 Å². The van der Waals surface area contributed by atoms with Gasteiger partial charge in [-0.2, -0.15) is 0 Å². The van der Waals surface area contributed by atoms with E-state index in [0.717, 1.165) is 26.9 Å². The van der Waals surface area contributed by atoms with E-state index in [0.29, 0.717) is 31.2 Å². The Morgan fingerprint density at radius 3 is 2.18 bits per heavy atom. The first-order chi connectivity index (χ1) is 13.7. The summed E-state index contributed by atoms with van der Waals surface area (Å²) in [7, 11) is 3.35. The number of para-hydroxylation sites is 1. The van der Waals surface area contributed by atoms with Gasteiger partial charge in [-0.3, -0.25) is 0 Å². The van der Waals surface area contributed by atoms with Gasteiger partial charge in [0, 0.05) is 23.1 Å². The number of ether oxygens (including phenoxy) is 3. The second kappa shape index (κ2) is 10.2. The van der Waals surface area contributed by atoms with Crippen molar-refractivity contribution in [1.29, 1.82) is 0 Å². The molecule has 0 amide bonds. The average molecular weight is 442 g/mol. The Balaban J connectivity index is 1.65. The van der Waals surface area contributed by atoms with Gasteiger partial charge in [-0.05, 0) is 29.3 Å². The number of nitrogens with one attached hydrogen (secondary N) is 1. The minimum absolute atomic E-state index is 0.495. The minimum Gasteiger partial charge on any atom is -0.496 e. The van der Waals surface area contributed by atoms with Crippen molar-refractivity contribution >= 4 is 15.9 Å². The van der Waals surface area contributed by atoms with E-state index in [4.69, 9.17) is 14.2 Å². The summed E-state index contributed by atoms with van der Waals surface area (Å²) in [6, 6.07) is 22.0. The SMILES string of the molecule is COc1ccccc1CNCc1cc(OC)c(OCc2ccccc2)cc1Br. The van der Waals surface area contributed by atoms with E-state index >= 15 is 0 Å². The van der Waals surface area contributed by atoms with E-state index in [2.05, 4.69) is 27.3 Å². The fourth-order valence-corrected chi connectivity index (χ4v) is 3.36. The molecular weight excluding hydrogens is 418 g/mol. The van der Waals surface area contributed by atoms with Crippen molar-refractivity contribution in [3.8, 4) is 17.2 Å². The third-order valence-corrected chi connectivity index (χ3v) is 5.13. The molecule has 0 bridgehead atoms. The average Bonchev–Trinajstić information content (AvgIpc) is 2.74. The quantitative estimate of drug-likeness (QED) is 0.486. The number of benzene rings is 3. The van der Waals surface area contributed by atoms with Crippen LogP contribution in [-0.4, -0.2) is 14.2 Å². The third kappa shape index (κ3) is 5.27. The Labute approximate surface area is 174 Å². The molecule has 0 aliphatic rings. The van der Waals surface area contributed by atoms with Crippen LogP contribution in [0, 0.1) is 0 Å². The molecule has 5 heteroatoms. The van der Waals surface area contributed by atoms with Crippen LogP contribution in [0.25, 0.3) is 0 Å². The molecule has 0 aliphatic heterocycles. The van der Waals surface area contributed by atoms with Crippen LogP contribution in [0.5, 0.6) is 17.2 Å². The summed E-state index contributed by atoms with van der Waals surface area (Å²) in [5.74, 6) is 2.32. The number of hydrogen-bond acceptors (Lipinski definition) is 4. The standard InChI is InChI=1S/C23H24BrNO3/c1-26-21-11-7-6-10-18(21)14-25-15-19-12-22(27-2)23(13-20(19)24)28-16-17-8-4-3-5-9-17/h3-13,25H,14-16H2,1-2H3. The van der Waals surface area contributed by atoms with Crippen LogP contribution in [0.4, 0.5) is 0 Å². The summed E-state index contributed by atoms with van der Waals surface area (Å²) in [6.45, 7) is 1.90. The molecule has 0 spiro atoms. The minimum atomic E-state index is 0.495. The second-order valence-corrected chi connectivity index (χ2v) is 7.14. The Morgan fingerprint density at radius 1 is 0.750 bits per heavy atom. The van der Waals surface area contributed by atoms with Crippen LogP contribution in [0.3, 0.4) is 0 Å². The molecular formula is C23H24BrNO3. The second-order valence-electron chi connectivity index (χ2n) is 6.28. The summed E-state index contributed by atoms with van der Waals surface area (Å²) < 4.78 is 17.9. The van der Waals surface area contributed by atoms with Gasteiger partial charge in [0.15, 0.2) is 11.5 Å². The maximum atomic E-state index is 5.96. The van der Waals surface area contributed by atoms with Crippen molar-refractivity contribution in [2.45, 2.75) is 19.7 Å². The zero-order valence-corrected chi connectivity index (χ0v) is 17.7. The first-order valence-electron chi connectivity index (χ1n) is 9.07. The van der Waals surface area contributed by atoms with Crippen LogP contribution in [0.1, 0.15) is 16.7 Å². The lowest BCUT2D eigenvalue weighted by Crippen LogP contribution is -2.14. The Morgan fingerprint density at radius 2 is 1.43 bits per heavy atom. The molecule has 0 fully saturated rings. The molecule has 0 heterocycles. The van der Waals surface area contributed by atoms with Gasteiger partial charge in [0.1, 0.15) is 12.4 Å². The topological polar surface area (TPSA) is 39.7 Å². The summed E-state index contributed by atoms with van der Waals surface area (Å²) in [5, 5.41) is 3.46. The van der Waals surface area contributed by atoms with Crippen molar-refractivity contribution < 1.29 is 14.2 Å². The first-order valence-corrected chi connectivity index (χ1v) is 9.86. The number of methoxy groups -OCH3 is 2. The van der Waals surface area contributed by atoms with Crippen LogP contribution in [0.2, 0.25) is 0 Å².